The fourth-order valence-electron chi connectivity index (χ4n) is 3.62. The first-order valence-corrected chi connectivity index (χ1v) is 24.3. The zero-order valence-corrected chi connectivity index (χ0v) is 43.8. The van der Waals surface area contributed by atoms with Crippen LogP contribution in [0, 0.1) is 0 Å². The first kappa shape index (κ1) is 59.7. The summed E-state index contributed by atoms with van der Waals surface area (Å²) < 4.78 is 121. The van der Waals surface area contributed by atoms with Gasteiger partial charge in [0, 0.05) is 54.4 Å². The predicted octanol–water partition coefficient (Wildman–Crippen LogP) is 7.38. The van der Waals surface area contributed by atoms with E-state index in [1.165, 1.54) is 7.11 Å². The minimum atomic E-state index is -5.86. The van der Waals surface area contributed by atoms with Gasteiger partial charge in [-0.25, -0.2) is 4.79 Å². The predicted molar refractivity (Wildman–Crippen MR) is 263 cm³/mol. The number of esters is 4. The quantitative estimate of drug-likeness (QED) is 0.0365. The Balaban J connectivity index is -0.000000212. The van der Waals surface area contributed by atoms with Gasteiger partial charge in [-0.15, -0.1) is 0 Å². The van der Waals surface area contributed by atoms with Crippen LogP contribution in [0.15, 0.2) is 91.0 Å². The van der Waals surface area contributed by atoms with Gasteiger partial charge in [-0.3, -0.25) is 24.0 Å². The summed E-state index contributed by atoms with van der Waals surface area (Å²) >= 11 is -5.86. The van der Waals surface area contributed by atoms with Crippen molar-refractivity contribution in [2.75, 3.05) is 33.5 Å². The van der Waals surface area contributed by atoms with Gasteiger partial charge in [0.2, 0.25) is 1.43 Å². The van der Waals surface area contributed by atoms with Gasteiger partial charge >= 0.3 is 64.7 Å². The molecule has 73 heavy (non-hydrogen) atoms. The number of aliphatic hydroxyl groups is 4. The maximum absolute atomic E-state index is 11.3. The Bertz CT molecular complexity index is 2430. The van der Waals surface area contributed by atoms with Crippen molar-refractivity contribution in [1.82, 2.24) is 0 Å². The van der Waals surface area contributed by atoms with Crippen LogP contribution in [-0.2, 0) is 101 Å². The van der Waals surface area contributed by atoms with Crippen LogP contribution in [0.3, 0.4) is 0 Å². The molecular weight excluding hydrogens is 1050 g/mol. The number of aliphatic carboxylic acids is 2. The molecule has 0 saturated heterocycles. The number of rotatable bonds is 20. The summed E-state index contributed by atoms with van der Waals surface area (Å²) in [6.07, 6.45) is -7.33. The molecule has 0 radical (unpaired) electrons. The summed E-state index contributed by atoms with van der Waals surface area (Å²) in [7, 11) is 1.29. The number of hydrogen-bond donors (Lipinski definition) is 6. The maximum atomic E-state index is 11.3. The summed E-state index contributed by atoms with van der Waals surface area (Å²) in [5.41, 5.74) is 1.09. The monoisotopic (exact) mass is 1140 g/mol. The Hall–Kier alpha value is -5.90. The van der Waals surface area contributed by atoms with Crippen molar-refractivity contribution in [3.05, 3.63) is 108 Å². The number of aliphatic hydroxyl groups excluding tert-OH is 4. The first-order valence-electron chi connectivity index (χ1n) is 25.8. The Morgan fingerprint density at radius 1 is 0.534 bits per heavy atom. The van der Waals surface area contributed by atoms with E-state index in [1.54, 1.807) is 84.0 Å². The van der Waals surface area contributed by atoms with Gasteiger partial charge in [-0.2, -0.15) is 0 Å². The van der Waals surface area contributed by atoms with Gasteiger partial charge < -0.3 is 54.3 Å². The summed E-state index contributed by atoms with van der Waals surface area (Å²) in [5, 5.41) is 45.9. The second-order valence-electron chi connectivity index (χ2n) is 14.6. The van der Waals surface area contributed by atoms with Gasteiger partial charge in [0.25, 0.3) is 0 Å². The van der Waals surface area contributed by atoms with Crippen molar-refractivity contribution in [3.8, 4) is 0 Å². The van der Waals surface area contributed by atoms with E-state index < -0.39 is 101 Å². The Morgan fingerprint density at radius 2 is 0.890 bits per heavy atom. The van der Waals surface area contributed by atoms with Crippen molar-refractivity contribution in [1.29, 1.82) is 1.43 Å². The first-order chi connectivity index (χ1) is 37.0. The molecule has 0 unspecified atom stereocenters. The second kappa shape index (κ2) is 51.0. The third-order valence-electron chi connectivity index (χ3n) is 6.22. The molecule has 21 nitrogen and oxygen atoms in total. The van der Waals surface area contributed by atoms with Crippen molar-refractivity contribution < 1.29 is 123 Å². The van der Waals surface area contributed by atoms with E-state index in [4.69, 9.17) is 71.2 Å². The van der Waals surface area contributed by atoms with Gasteiger partial charge in [-0.1, -0.05) is 112 Å². The molecule has 0 atom stereocenters. The third kappa shape index (κ3) is 72.8. The molecule has 0 aromatic heterocycles. The zero-order valence-electron chi connectivity index (χ0n) is 51.1. The van der Waals surface area contributed by atoms with Crippen LogP contribution >= 0.6 is 0 Å². The van der Waals surface area contributed by atoms with Crippen LogP contribution in [-0.4, -0.2) is 113 Å². The molecule has 0 fully saturated rings. The number of benzene rings is 3. The van der Waals surface area contributed by atoms with Crippen LogP contribution in [0.25, 0.3) is 0 Å². The van der Waals surface area contributed by atoms with Gasteiger partial charge in [0.15, 0.2) is 0 Å². The number of carbonyl (C=O) groups is 6. The Labute approximate surface area is 445 Å². The van der Waals surface area contributed by atoms with Crippen LogP contribution in [0.4, 0.5) is 0 Å². The fourth-order valence-corrected chi connectivity index (χ4v) is 3.62. The number of carbonyl (C=O) groups excluding carboxylic acids is 4. The van der Waals surface area contributed by atoms with Gasteiger partial charge in [0.05, 0.1) is 21.1 Å². The molecule has 0 aliphatic rings. The molecule has 6 N–H and O–H groups in total. The fraction of sp³-hybridized carbons (Fsp3) is 0.529. The van der Waals surface area contributed by atoms with Crippen molar-refractivity contribution >= 4 is 35.8 Å². The van der Waals surface area contributed by atoms with E-state index in [1.807, 2.05) is 62.4 Å². The third-order valence-corrected chi connectivity index (χ3v) is 6.22. The molecule has 0 heterocycles. The molecule has 0 aliphatic heterocycles. The Morgan fingerprint density at radius 3 is 1.18 bits per heavy atom. The molecule has 3 rings (SSSR count). The molecule has 3 aromatic carbocycles. The number of carboxylic acids is 2. The van der Waals surface area contributed by atoms with Crippen molar-refractivity contribution in [3.63, 3.8) is 0 Å². The molecule has 420 valence electrons. The molecule has 0 bridgehead atoms. The summed E-state index contributed by atoms with van der Waals surface area (Å²) in [4.78, 5) is 65.3. The summed E-state index contributed by atoms with van der Waals surface area (Å²) in [6.45, 7) is 10.6. The zero-order chi connectivity index (χ0) is 64.3. The minimum absolute atomic E-state index is 0. The topological polar surface area (TPSA) is 338 Å². The van der Waals surface area contributed by atoms with E-state index in [9.17, 15) is 28.8 Å². The summed E-state index contributed by atoms with van der Waals surface area (Å²) in [5.74, 6) is -5.98. The van der Waals surface area contributed by atoms with E-state index >= 15 is 0 Å². The molecule has 0 spiro atoms. The van der Waals surface area contributed by atoms with Crippen molar-refractivity contribution in [2.24, 2.45) is 0 Å². The second-order valence-corrected chi connectivity index (χ2v) is 16.4. The van der Waals surface area contributed by atoms with Crippen LogP contribution in [0.2, 0.25) is 0 Å². The Kier molecular flexibility index (Phi) is 41.7. The molecule has 3 aromatic rings. The van der Waals surface area contributed by atoms with E-state index in [0.717, 1.165) is 11.1 Å². The number of carboxylic acid groups (broad SMARTS) is 2. The number of hydrogen-bond acceptors (Lipinski definition) is 19. The molecular formula is C51H82O21Ru. The van der Waals surface area contributed by atoms with Crippen LogP contribution in [0.5, 0.6) is 0 Å². The van der Waals surface area contributed by atoms with Crippen LogP contribution in [0.1, 0.15) is 142 Å². The van der Waals surface area contributed by atoms with E-state index in [2.05, 4.69) is 9.85 Å². The SMILES string of the molecule is C.CC.O=C(CCCO)OCc1ccccc1.[2H]C([2H])(CC(=O)O)C(=O)OCc1ccccc1.[2H]C([2H])(CCO)C(=O)OCc1ccccc1.[2H]C([2H])(CO)CC(=O)OC(C)(C)C.[2H]C([2H])(OC(C)(C)C)C(=O)O.[2H]OC.[O]=[Ru](=[O])(=[O])=[O]. The van der Waals surface area contributed by atoms with Gasteiger partial charge in [-0.05, 0) is 77.4 Å². The number of ether oxygens (including phenoxy) is 5. The molecule has 0 amide bonds. The standard InChI is InChI=1S/C11H12O4.2C11H14O3.C8H16O3.C6H12O3.C2H6.CH4O.CH4.4O.Ru/c12-10(13)6-7-11(14)15-8-9-4-2-1-3-5-9;2*12-8-4-7-11(13)14-9-10-5-2-1-3-6-10;1-8(2,3)11-7(10)5-4-6-9;1-6(2,3)9-4-5(7)8;2*1-2;;;;;;/h1-5H,6-8H2,(H,12,13);2*1-3,5-6,12H,4,7-9H2;9H,4-6H2,1-3H3;4H2,1-3H3,(H,7,8);1-2H3;2H,1H3;1H4;;;;;/i2*7D2;;2*4D2;;2D;;;;;;. The molecule has 0 aliphatic carbocycles. The van der Waals surface area contributed by atoms with E-state index in [0.29, 0.717) is 18.6 Å². The molecule has 22 heteroatoms. The van der Waals surface area contributed by atoms with Crippen LogP contribution < -0.4 is 0 Å². The molecule has 0 saturated carbocycles. The van der Waals surface area contributed by atoms with Gasteiger partial charge in [0.1, 0.15) is 32.0 Å². The van der Waals surface area contributed by atoms with E-state index in [-0.39, 0.29) is 52.7 Å². The average molecular weight is 1140 g/mol. The average Bonchev–Trinajstić information content (AvgIpc) is 3.34. The van der Waals surface area contributed by atoms with Crippen molar-refractivity contribution in [2.45, 2.75) is 145 Å². The summed E-state index contributed by atoms with van der Waals surface area (Å²) in [6, 6.07) is 27.3. The normalized spacial score (nSPS) is 12.4.